The quantitative estimate of drug-likeness (QED) is 0.486. The van der Waals surface area contributed by atoms with Gasteiger partial charge in [-0.3, -0.25) is 9.69 Å². The van der Waals surface area contributed by atoms with Crippen LogP contribution in [0.25, 0.3) is 0 Å². The third-order valence-corrected chi connectivity index (χ3v) is 3.44. The molecule has 1 aliphatic heterocycles. The van der Waals surface area contributed by atoms with Crippen molar-refractivity contribution in [1.82, 2.24) is 4.90 Å². The Hall–Kier alpha value is -1.68. The van der Waals surface area contributed by atoms with E-state index >= 15 is 0 Å². The minimum absolute atomic E-state index is 0.174. The molecule has 0 bridgehead atoms. The molecule has 114 valence electrons. The molecule has 1 unspecified atom stereocenters. The van der Waals surface area contributed by atoms with Gasteiger partial charge in [-0.25, -0.2) is 4.79 Å². The van der Waals surface area contributed by atoms with Crippen LogP contribution in [0.4, 0.5) is 0 Å². The summed E-state index contributed by atoms with van der Waals surface area (Å²) in [7, 11) is 0. The summed E-state index contributed by atoms with van der Waals surface area (Å²) in [5.74, 6) is -0.620. The van der Waals surface area contributed by atoms with Gasteiger partial charge >= 0.3 is 5.97 Å². The predicted octanol–water partition coefficient (Wildman–Crippen LogP) is 2.68. The Morgan fingerprint density at radius 3 is 2.19 bits per heavy atom. The second-order valence-corrected chi connectivity index (χ2v) is 6.41. The molecule has 0 radical (unpaired) electrons. The Balaban J connectivity index is 2.23. The van der Waals surface area contributed by atoms with Gasteiger partial charge < -0.3 is 4.74 Å². The smallest absolute Gasteiger partial charge is 0.332 e. The maximum absolute atomic E-state index is 12.7. The number of nitrogens with zero attached hydrogens (tertiary/aromatic N) is 1. The summed E-state index contributed by atoms with van der Waals surface area (Å²) >= 11 is 0. The highest BCUT2D eigenvalue weighted by Crippen LogP contribution is 2.19. The van der Waals surface area contributed by atoms with Crippen molar-refractivity contribution in [3.05, 3.63) is 35.9 Å². The van der Waals surface area contributed by atoms with E-state index < -0.39 is 17.6 Å². The summed E-state index contributed by atoms with van der Waals surface area (Å²) in [6.07, 6.45) is 2.03. The van der Waals surface area contributed by atoms with Crippen LogP contribution in [0.3, 0.4) is 0 Å². The van der Waals surface area contributed by atoms with Crippen LogP contribution in [0, 0.1) is 0 Å². The highest BCUT2D eigenvalue weighted by Gasteiger charge is 2.37. The van der Waals surface area contributed by atoms with Crippen LogP contribution in [-0.2, 0) is 9.53 Å². The molecule has 1 saturated heterocycles. The lowest BCUT2D eigenvalue weighted by molar-refractivity contribution is -0.158. The number of hydrogen-bond donors (Lipinski definition) is 0. The highest BCUT2D eigenvalue weighted by atomic mass is 16.6. The lowest BCUT2D eigenvalue weighted by atomic mass is 10.0. The van der Waals surface area contributed by atoms with Crippen LogP contribution in [-0.4, -0.2) is 41.4 Å². The first-order chi connectivity index (χ1) is 9.88. The van der Waals surface area contributed by atoms with Gasteiger partial charge in [0.1, 0.15) is 5.60 Å². The summed E-state index contributed by atoms with van der Waals surface area (Å²) in [6, 6.07) is 8.14. The fraction of sp³-hybridized carbons (Fsp3) is 0.529. The summed E-state index contributed by atoms with van der Waals surface area (Å²) in [6.45, 7) is 6.99. The minimum atomic E-state index is -0.825. The van der Waals surface area contributed by atoms with Crippen molar-refractivity contribution in [1.29, 1.82) is 0 Å². The second kappa shape index (κ2) is 6.39. The van der Waals surface area contributed by atoms with Crippen molar-refractivity contribution in [2.45, 2.75) is 45.3 Å². The predicted molar refractivity (Wildman–Crippen MR) is 81.2 cm³/mol. The second-order valence-electron chi connectivity index (χ2n) is 6.41. The molecular formula is C17H23NO3. The van der Waals surface area contributed by atoms with Crippen LogP contribution in [0.15, 0.2) is 30.3 Å². The fourth-order valence-corrected chi connectivity index (χ4v) is 2.54. The van der Waals surface area contributed by atoms with Crippen LogP contribution >= 0.6 is 0 Å². The summed E-state index contributed by atoms with van der Waals surface area (Å²) in [5, 5.41) is 0. The summed E-state index contributed by atoms with van der Waals surface area (Å²) in [4.78, 5) is 27.1. The Labute approximate surface area is 126 Å². The van der Waals surface area contributed by atoms with E-state index in [4.69, 9.17) is 4.74 Å². The number of carbonyl (C=O) groups excluding carboxylic acids is 2. The van der Waals surface area contributed by atoms with Gasteiger partial charge in [0.15, 0.2) is 11.8 Å². The zero-order chi connectivity index (χ0) is 15.5. The lowest BCUT2D eigenvalue weighted by Crippen LogP contribution is -2.48. The number of likely N-dealkylation sites (tertiary alicyclic amines) is 1. The monoisotopic (exact) mass is 289 g/mol. The molecule has 1 aromatic rings. The molecule has 0 aliphatic carbocycles. The number of ketones is 1. The molecule has 0 saturated carbocycles. The van der Waals surface area contributed by atoms with Crippen molar-refractivity contribution < 1.29 is 14.3 Å². The third kappa shape index (κ3) is 4.14. The molecule has 2 rings (SSSR count). The zero-order valence-electron chi connectivity index (χ0n) is 13.0. The molecular weight excluding hydrogens is 266 g/mol. The Morgan fingerprint density at radius 1 is 1.10 bits per heavy atom. The summed E-state index contributed by atoms with van der Waals surface area (Å²) in [5.41, 5.74) is -0.0354. The maximum Gasteiger partial charge on any atom is 0.332 e. The van der Waals surface area contributed by atoms with E-state index in [1.54, 1.807) is 12.1 Å². The Bertz CT molecular complexity index is 499. The maximum atomic E-state index is 12.7. The van der Waals surface area contributed by atoms with Gasteiger partial charge in [-0.2, -0.15) is 0 Å². The van der Waals surface area contributed by atoms with E-state index in [1.165, 1.54) is 0 Å². The van der Waals surface area contributed by atoms with Gasteiger partial charge in [-0.15, -0.1) is 0 Å². The molecule has 1 heterocycles. The molecule has 0 N–H and O–H groups in total. The number of esters is 1. The molecule has 0 aromatic heterocycles. The average molecular weight is 289 g/mol. The lowest BCUT2D eigenvalue weighted by Gasteiger charge is -2.28. The minimum Gasteiger partial charge on any atom is -0.458 e. The molecule has 4 heteroatoms. The topological polar surface area (TPSA) is 46.6 Å². The van der Waals surface area contributed by atoms with Gasteiger partial charge in [-0.05, 0) is 46.7 Å². The Kier molecular flexibility index (Phi) is 4.78. The Morgan fingerprint density at radius 2 is 1.67 bits per heavy atom. The normalized spacial score (nSPS) is 17.5. The zero-order valence-corrected chi connectivity index (χ0v) is 13.0. The van der Waals surface area contributed by atoms with Crippen LogP contribution in [0.5, 0.6) is 0 Å². The van der Waals surface area contributed by atoms with E-state index in [-0.39, 0.29) is 5.78 Å². The molecule has 1 fully saturated rings. The van der Waals surface area contributed by atoms with Crippen LogP contribution in [0.2, 0.25) is 0 Å². The summed E-state index contributed by atoms with van der Waals surface area (Å²) < 4.78 is 5.45. The number of hydrogen-bond acceptors (Lipinski definition) is 4. The highest BCUT2D eigenvalue weighted by molar-refractivity contribution is 6.12. The van der Waals surface area contributed by atoms with Crippen molar-refractivity contribution in [3.63, 3.8) is 0 Å². The van der Waals surface area contributed by atoms with Crippen LogP contribution in [0.1, 0.15) is 44.0 Å². The van der Waals surface area contributed by atoms with E-state index in [9.17, 15) is 9.59 Å². The first-order valence-corrected chi connectivity index (χ1v) is 7.45. The van der Waals surface area contributed by atoms with Crippen LogP contribution < -0.4 is 0 Å². The van der Waals surface area contributed by atoms with Crippen molar-refractivity contribution >= 4 is 11.8 Å². The molecule has 21 heavy (non-hydrogen) atoms. The standard InChI is InChI=1S/C17H23NO3/c1-17(2,3)21-16(20)14(18-11-7-8-12-18)15(19)13-9-5-4-6-10-13/h4-6,9-10,14H,7-8,11-12H2,1-3H3. The van der Waals surface area contributed by atoms with Crippen molar-refractivity contribution in [2.75, 3.05) is 13.1 Å². The van der Waals surface area contributed by atoms with Crippen molar-refractivity contribution in [3.8, 4) is 0 Å². The van der Waals surface area contributed by atoms with E-state index in [0.717, 1.165) is 25.9 Å². The van der Waals surface area contributed by atoms with Crippen molar-refractivity contribution in [2.24, 2.45) is 0 Å². The van der Waals surface area contributed by atoms with Gasteiger partial charge in [0.2, 0.25) is 0 Å². The number of Topliss-reactive ketones (excluding diaryl/α,β-unsaturated/α-hetero) is 1. The van der Waals surface area contributed by atoms with Gasteiger partial charge in [-0.1, -0.05) is 30.3 Å². The molecule has 1 atom stereocenters. The van der Waals surface area contributed by atoms with E-state index in [1.807, 2.05) is 43.9 Å². The first-order valence-electron chi connectivity index (χ1n) is 7.45. The van der Waals surface area contributed by atoms with E-state index in [2.05, 4.69) is 0 Å². The SMILES string of the molecule is CC(C)(C)OC(=O)C(C(=O)c1ccccc1)N1CCCC1. The molecule has 4 nitrogen and oxygen atoms in total. The molecule has 0 spiro atoms. The van der Waals surface area contributed by atoms with Gasteiger partial charge in [0.05, 0.1) is 0 Å². The number of carbonyl (C=O) groups is 2. The van der Waals surface area contributed by atoms with E-state index in [0.29, 0.717) is 5.56 Å². The number of rotatable bonds is 4. The largest absolute Gasteiger partial charge is 0.458 e. The number of benzene rings is 1. The molecule has 1 aromatic carbocycles. The number of ether oxygens (including phenoxy) is 1. The molecule has 0 amide bonds. The average Bonchev–Trinajstić information content (AvgIpc) is 2.91. The fourth-order valence-electron chi connectivity index (χ4n) is 2.54. The third-order valence-electron chi connectivity index (χ3n) is 3.44. The van der Waals surface area contributed by atoms with Gasteiger partial charge in [0.25, 0.3) is 0 Å². The van der Waals surface area contributed by atoms with Gasteiger partial charge in [0, 0.05) is 5.56 Å². The first kappa shape index (κ1) is 15.7. The molecule has 1 aliphatic rings.